The minimum atomic E-state index is 0. The van der Waals surface area contributed by atoms with Gasteiger partial charge in [0.2, 0.25) is 11.8 Å². The summed E-state index contributed by atoms with van der Waals surface area (Å²) in [6.07, 6.45) is 3.89. The summed E-state index contributed by atoms with van der Waals surface area (Å²) in [5.74, 6) is 0.978. The summed E-state index contributed by atoms with van der Waals surface area (Å²) in [6.45, 7) is 8.53. The Kier molecular flexibility index (Phi) is 9.06. The highest BCUT2D eigenvalue weighted by atomic mass is 35.5. The van der Waals surface area contributed by atoms with Gasteiger partial charge in [-0.3, -0.25) is 19.4 Å². The molecule has 0 saturated carbocycles. The zero-order chi connectivity index (χ0) is 19.1. The van der Waals surface area contributed by atoms with Gasteiger partial charge in [0.1, 0.15) is 5.75 Å². The number of likely N-dealkylation sites (tertiary alicyclic amines) is 1. The van der Waals surface area contributed by atoms with E-state index in [0.29, 0.717) is 26.0 Å². The van der Waals surface area contributed by atoms with Crippen LogP contribution in [0.25, 0.3) is 0 Å². The molecule has 0 spiro atoms. The highest BCUT2D eigenvalue weighted by Gasteiger charge is 2.27. The van der Waals surface area contributed by atoms with E-state index in [1.54, 1.807) is 0 Å². The molecule has 1 aromatic rings. The lowest BCUT2D eigenvalue weighted by Crippen LogP contribution is -2.46. The zero-order valence-electron chi connectivity index (χ0n) is 16.8. The molecule has 2 amide bonds. The van der Waals surface area contributed by atoms with Crippen LogP contribution in [0, 0.1) is 0 Å². The second-order valence-electron chi connectivity index (χ2n) is 7.23. The lowest BCUT2D eigenvalue weighted by Gasteiger charge is -2.36. The molecule has 0 N–H and O–H groups in total. The molecule has 6 nitrogen and oxygen atoms in total. The number of carbonyl (C=O) groups is 2. The van der Waals surface area contributed by atoms with Crippen molar-refractivity contribution in [1.82, 2.24) is 9.80 Å². The molecule has 2 saturated heterocycles. The van der Waals surface area contributed by atoms with E-state index in [-0.39, 0.29) is 24.2 Å². The highest BCUT2D eigenvalue weighted by molar-refractivity contribution is 6.01. The number of nitrogens with zero attached hydrogens (tertiary/aromatic N) is 3. The first-order valence-corrected chi connectivity index (χ1v) is 10.2. The molecule has 1 aromatic carbocycles. The molecule has 0 aromatic heterocycles. The number of piperazine rings is 1. The van der Waals surface area contributed by atoms with Gasteiger partial charge in [-0.15, -0.1) is 12.4 Å². The number of imide groups is 1. The van der Waals surface area contributed by atoms with Crippen LogP contribution in [0.2, 0.25) is 0 Å². The predicted molar refractivity (Wildman–Crippen MR) is 113 cm³/mol. The maximum atomic E-state index is 11.6. The van der Waals surface area contributed by atoms with Crippen molar-refractivity contribution in [3.05, 3.63) is 24.3 Å². The van der Waals surface area contributed by atoms with Crippen molar-refractivity contribution in [3.8, 4) is 5.75 Å². The standard InChI is InChI=1S/C21H31N3O3.ClH/c1-2-27-19-9-5-4-8-18(19)23-16-14-22(15-17-23)12-6-3-7-13-24-20(25)10-11-21(24)26;/h4-5,8-9H,2-3,6-7,10-17H2,1H3;1H. The molecule has 0 radical (unpaired) electrons. The van der Waals surface area contributed by atoms with Crippen molar-refractivity contribution in [1.29, 1.82) is 0 Å². The number of rotatable bonds is 9. The third-order valence-corrected chi connectivity index (χ3v) is 5.39. The molecule has 3 rings (SSSR count). The van der Waals surface area contributed by atoms with Crippen molar-refractivity contribution in [2.75, 3.05) is 50.8 Å². The first kappa shape index (κ1) is 22.5. The lowest BCUT2D eigenvalue weighted by molar-refractivity contribution is -0.138. The third-order valence-electron chi connectivity index (χ3n) is 5.39. The van der Waals surface area contributed by atoms with E-state index in [0.717, 1.165) is 57.7 Å². The van der Waals surface area contributed by atoms with Crippen molar-refractivity contribution in [2.45, 2.75) is 39.0 Å². The number of halogens is 1. The minimum absolute atomic E-state index is 0. The molecule has 156 valence electrons. The van der Waals surface area contributed by atoms with Gasteiger partial charge in [0.25, 0.3) is 0 Å². The maximum Gasteiger partial charge on any atom is 0.229 e. The van der Waals surface area contributed by atoms with E-state index >= 15 is 0 Å². The Morgan fingerprint density at radius 2 is 1.54 bits per heavy atom. The largest absolute Gasteiger partial charge is 0.492 e. The number of amides is 2. The summed E-state index contributed by atoms with van der Waals surface area (Å²) >= 11 is 0. The van der Waals surface area contributed by atoms with Crippen LogP contribution in [0.15, 0.2) is 24.3 Å². The van der Waals surface area contributed by atoms with Gasteiger partial charge in [-0.1, -0.05) is 18.6 Å². The number of para-hydroxylation sites is 2. The van der Waals surface area contributed by atoms with Crippen LogP contribution in [-0.4, -0.2) is 67.5 Å². The van der Waals surface area contributed by atoms with Crippen LogP contribution in [0.4, 0.5) is 5.69 Å². The Hall–Kier alpha value is -1.79. The van der Waals surface area contributed by atoms with Gasteiger partial charge in [-0.2, -0.15) is 0 Å². The molecular formula is C21H32ClN3O3. The van der Waals surface area contributed by atoms with Gasteiger partial charge in [-0.05, 0) is 38.4 Å². The monoisotopic (exact) mass is 409 g/mol. The first-order valence-electron chi connectivity index (χ1n) is 10.2. The van der Waals surface area contributed by atoms with E-state index < -0.39 is 0 Å². The quantitative estimate of drug-likeness (QED) is 0.463. The van der Waals surface area contributed by atoms with E-state index in [4.69, 9.17) is 4.74 Å². The summed E-state index contributed by atoms with van der Waals surface area (Å²) < 4.78 is 5.76. The number of ether oxygens (including phenoxy) is 1. The van der Waals surface area contributed by atoms with Crippen molar-refractivity contribution in [3.63, 3.8) is 0 Å². The number of unbranched alkanes of at least 4 members (excludes halogenated alkanes) is 2. The van der Waals surface area contributed by atoms with Gasteiger partial charge in [0.05, 0.1) is 12.3 Å². The number of anilines is 1. The molecule has 2 heterocycles. The molecular weight excluding hydrogens is 378 g/mol. The van der Waals surface area contributed by atoms with E-state index in [9.17, 15) is 9.59 Å². The molecule has 2 aliphatic rings. The third kappa shape index (κ3) is 5.85. The number of carbonyl (C=O) groups excluding carboxylic acids is 2. The fraction of sp³-hybridized carbons (Fsp3) is 0.619. The second kappa shape index (κ2) is 11.3. The molecule has 7 heteroatoms. The van der Waals surface area contributed by atoms with Crippen LogP contribution < -0.4 is 9.64 Å². The van der Waals surface area contributed by atoms with Gasteiger partial charge in [0.15, 0.2) is 0 Å². The summed E-state index contributed by atoms with van der Waals surface area (Å²) in [7, 11) is 0. The van der Waals surface area contributed by atoms with Crippen LogP contribution in [0.1, 0.15) is 39.0 Å². The Labute approximate surface area is 174 Å². The number of hydrogen-bond acceptors (Lipinski definition) is 5. The Bertz CT molecular complexity index is 632. The normalized spacial score (nSPS) is 17.8. The summed E-state index contributed by atoms with van der Waals surface area (Å²) in [6, 6.07) is 8.27. The van der Waals surface area contributed by atoms with Crippen molar-refractivity contribution < 1.29 is 14.3 Å². The maximum absolute atomic E-state index is 11.6. The summed E-state index contributed by atoms with van der Waals surface area (Å²) in [5, 5.41) is 0. The first-order chi connectivity index (χ1) is 13.2. The number of hydrogen-bond donors (Lipinski definition) is 0. The topological polar surface area (TPSA) is 53.1 Å². The van der Waals surface area contributed by atoms with Crippen LogP contribution >= 0.6 is 12.4 Å². The lowest BCUT2D eigenvalue weighted by atomic mass is 10.2. The van der Waals surface area contributed by atoms with Gasteiger partial charge in [0, 0.05) is 45.6 Å². The fourth-order valence-corrected chi connectivity index (χ4v) is 3.86. The average Bonchev–Trinajstić information content (AvgIpc) is 3.01. The van der Waals surface area contributed by atoms with Crippen LogP contribution in [0.5, 0.6) is 5.75 Å². The zero-order valence-corrected chi connectivity index (χ0v) is 17.6. The smallest absolute Gasteiger partial charge is 0.229 e. The molecule has 0 unspecified atom stereocenters. The van der Waals surface area contributed by atoms with Crippen LogP contribution in [-0.2, 0) is 9.59 Å². The van der Waals surface area contributed by atoms with Crippen molar-refractivity contribution >= 4 is 29.9 Å². The Morgan fingerprint density at radius 3 is 2.21 bits per heavy atom. The SMILES string of the molecule is CCOc1ccccc1N1CCN(CCCCCN2C(=O)CCC2=O)CC1.Cl. The fourth-order valence-electron chi connectivity index (χ4n) is 3.86. The van der Waals surface area contributed by atoms with E-state index in [1.807, 2.05) is 19.1 Å². The number of benzene rings is 1. The Morgan fingerprint density at radius 1 is 0.893 bits per heavy atom. The molecule has 28 heavy (non-hydrogen) atoms. The molecule has 0 bridgehead atoms. The minimum Gasteiger partial charge on any atom is -0.492 e. The van der Waals surface area contributed by atoms with E-state index in [2.05, 4.69) is 21.9 Å². The van der Waals surface area contributed by atoms with Gasteiger partial charge >= 0.3 is 0 Å². The molecule has 2 fully saturated rings. The summed E-state index contributed by atoms with van der Waals surface area (Å²) in [4.78, 5) is 29.5. The van der Waals surface area contributed by atoms with Gasteiger partial charge in [-0.25, -0.2) is 0 Å². The highest BCUT2D eigenvalue weighted by Crippen LogP contribution is 2.28. The van der Waals surface area contributed by atoms with Gasteiger partial charge < -0.3 is 9.64 Å². The predicted octanol–water partition coefficient (Wildman–Crippen LogP) is 2.95. The Balaban J connectivity index is 0.00000280. The summed E-state index contributed by atoms with van der Waals surface area (Å²) in [5.41, 5.74) is 1.19. The van der Waals surface area contributed by atoms with Crippen LogP contribution in [0.3, 0.4) is 0 Å². The second-order valence-corrected chi connectivity index (χ2v) is 7.23. The molecule has 2 aliphatic heterocycles. The average molecular weight is 410 g/mol. The van der Waals surface area contributed by atoms with Crippen molar-refractivity contribution in [2.24, 2.45) is 0 Å². The van der Waals surface area contributed by atoms with E-state index in [1.165, 1.54) is 10.6 Å². The molecule has 0 atom stereocenters. The molecule has 0 aliphatic carbocycles.